The van der Waals surface area contributed by atoms with E-state index in [4.69, 9.17) is 0 Å². The van der Waals surface area contributed by atoms with Crippen LogP contribution in [0.4, 0.5) is 4.39 Å². The van der Waals surface area contributed by atoms with Gasteiger partial charge in [0.25, 0.3) is 0 Å². The van der Waals surface area contributed by atoms with E-state index in [0.717, 1.165) is 31.2 Å². The van der Waals surface area contributed by atoms with E-state index in [1.54, 1.807) is 12.1 Å². The Morgan fingerprint density at radius 1 is 1.12 bits per heavy atom. The second-order valence-corrected chi connectivity index (χ2v) is 9.72. The van der Waals surface area contributed by atoms with E-state index in [1.165, 1.54) is 18.6 Å². The number of rotatable bonds is 6. The molecule has 1 N–H and O–H groups in total. The second kappa shape index (κ2) is 8.48. The molecule has 0 spiro atoms. The highest BCUT2D eigenvalue weighted by Crippen LogP contribution is 2.24. The largest absolute Gasteiger partial charge is 0.351 e. The van der Waals surface area contributed by atoms with Gasteiger partial charge in [-0.2, -0.15) is 0 Å². The lowest BCUT2D eigenvalue weighted by molar-refractivity contribution is -0.123. The lowest BCUT2D eigenvalue weighted by Gasteiger charge is -2.34. The Kier molecular flexibility index (Phi) is 6.29. The molecule has 1 saturated carbocycles. The Balaban J connectivity index is 1.62. The third kappa shape index (κ3) is 5.51. The minimum absolute atomic E-state index is 0.0418. The summed E-state index contributed by atoms with van der Waals surface area (Å²) in [7, 11) is -3.01. The number of carbonyl (C=O) groups is 1. The first-order chi connectivity index (χ1) is 12.4. The van der Waals surface area contributed by atoms with Crippen LogP contribution in [-0.4, -0.2) is 49.4 Å². The predicted molar refractivity (Wildman–Crippen MR) is 98.9 cm³/mol. The highest BCUT2D eigenvalue weighted by Gasteiger charge is 2.30. The Bertz CT molecular complexity index is 715. The third-order valence-electron chi connectivity index (χ3n) is 5.33. The molecule has 26 heavy (non-hydrogen) atoms. The molecule has 2 aliphatic rings. The van der Waals surface area contributed by atoms with Crippen molar-refractivity contribution in [1.29, 1.82) is 0 Å². The molecule has 5 nitrogen and oxygen atoms in total. The lowest BCUT2D eigenvalue weighted by Crippen LogP contribution is -2.46. The van der Waals surface area contributed by atoms with Gasteiger partial charge in [-0.15, -0.1) is 0 Å². The van der Waals surface area contributed by atoms with Crippen molar-refractivity contribution in [3.63, 3.8) is 0 Å². The first-order valence-corrected chi connectivity index (χ1v) is 11.2. The molecular formula is C19H27FN2O3S. The van der Waals surface area contributed by atoms with E-state index in [2.05, 4.69) is 10.2 Å². The van der Waals surface area contributed by atoms with Crippen LogP contribution < -0.4 is 5.32 Å². The molecule has 2 fully saturated rings. The van der Waals surface area contributed by atoms with Crippen LogP contribution in [0.3, 0.4) is 0 Å². The number of carbonyl (C=O) groups excluding carboxylic acids is 1. The van der Waals surface area contributed by atoms with Crippen molar-refractivity contribution in [2.45, 2.75) is 57.2 Å². The molecule has 1 aromatic carbocycles. The van der Waals surface area contributed by atoms with Crippen molar-refractivity contribution < 1.29 is 17.6 Å². The molecule has 0 aromatic heterocycles. The van der Waals surface area contributed by atoms with E-state index in [-0.39, 0.29) is 35.8 Å². The first-order valence-electron chi connectivity index (χ1n) is 9.39. The summed E-state index contributed by atoms with van der Waals surface area (Å²) in [4.78, 5) is 14.7. The highest BCUT2D eigenvalue weighted by molar-refractivity contribution is 7.91. The fourth-order valence-electron chi connectivity index (χ4n) is 3.95. The van der Waals surface area contributed by atoms with E-state index < -0.39 is 9.84 Å². The zero-order valence-corrected chi connectivity index (χ0v) is 15.8. The zero-order valence-electron chi connectivity index (χ0n) is 15.0. The number of nitrogens with one attached hydrogen (secondary N) is 1. The Morgan fingerprint density at radius 2 is 1.81 bits per heavy atom. The Labute approximate surface area is 154 Å². The minimum atomic E-state index is -3.01. The predicted octanol–water partition coefficient (Wildman–Crippen LogP) is 2.26. The molecular weight excluding hydrogens is 355 g/mol. The van der Waals surface area contributed by atoms with E-state index in [0.29, 0.717) is 19.0 Å². The van der Waals surface area contributed by atoms with Crippen LogP contribution in [-0.2, 0) is 21.2 Å². The molecule has 144 valence electrons. The summed E-state index contributed by atoms with van der Waals surface area (Å²) < 4.78 is 36.3. The molecule has 0 radical (unpaired) electrons. The standard InChI is InChI=1S/C19H27FN2O3S/c20-16-8-6-15(7-9-16)12-22(18-4-2-1-3-5-18)13-19(23)21-17-10-11-26(24,25)14-17/h6-9,17-18H,1-5,10-14H2,(H,21,23). The van der Waals surface area contributed by atoms with Gasteiger partial charge in [0, 0.05) is 18.6 Å². The van der Waals surface area contributed by atoms with Gasteiger partial charge in [0.05, 0.1) is 18.1 Å². The Hall–Kier alpha value is -1.47. The summed E-state index contributed by atoms with van der Waals surface area (Å²) in [5.41, 5.74) is 0.980. The van der Waals surface area contributed by atoms with Gasteiger partial charge in [-0.3, -0.25) is 9.69 Å². The number of hydrogen-bond donors (Lipinski definition) is 1. The number of benzene rings is 1. The van der Waals surface area contributed by atoms with Crippen LogP contribution in [0.25, 0.3) is 0 Å². The van der Waals surface area contributed by atoms with Crippen molar-refractivity contribution in [3.05, 3.63) is 35.6 Å². The van der Waals surface area contributed by atoms with Crippen LogP contribution in [0, 0.1) is 5.82 Å². The van der Waals surface area contributed by atoms with Crippen molar-refractivity contribution in [2.75, 3.05) is 18.1 Å². The van der Waals surface area contributed by atoms with Crippen molar-refractivity contribution in [3.8, 4) is 0 Å². The fraction of sp³-hybridized carbons (Fsp3) is 0.632. The summed E-state index contributed by atoms with van der Waals surface area (Å²) in [6.07, 6.45) is 6.17. The quantitative estimate of drug-likeness (QED) is 0.820. The Morgan fingerprint density at radius 3 is 2.42 bits per heavy atom. The summed E-state index contributed by atoms with van der Waals surface area (Å²) in [6.45, 7) is 0.847. The zero-order chi connectivity index (χ0) is 18.6. The third-order valence-corrected chi connectivity index (χ3v) is 7.10. The van der Waals surface area contributed by atoms with Gasteiger partial charge >= 0.3 is 0 Å². The van der Waals surface area contributed by atoms with Gasteiger partial charge in [0.2, 0.25) is 5.91 Å². The topological polar surface area (TPSA) is 66.5 Å². The number of nitrogens with zero attached hydrogens (tertiary/aromatic N) is 1. The maximum atomic E-state index is 13.2. The van der Waals surface area contributed by atoms with Gasteiger partial charge < -0.3 is 5.32 Å². The molecule has 1 aliphatic carbocycles. The molecule has 1 atom stereocenters. The summed E-state index contributed by atoms with van der Waals surface area (Å²) in [5.74, 6) is -0.196. The van der Waals surface area contributed by atoms with Crippen LogP contribution in [0.2, 0.25) is 0 Å². The number of halogens is 1. The van der Waals surface area contributed by atoms with Crippen LogP contribution in [0.15, 0.2) is 24.3 Å². The monoisotopic (exact) mass is 382 g/mol. The molecule has 1 unspecified atom stereocenters. The van der Waals surface area contributed by atoms with Crippen LogP contribution >= 0.6 is 0 Å². The van der Waals surface area contributed by atoms with Crippen LogP contribution in [0.1, 0.15) is 44.1 Å². The van der Waals surface area contributed by atoms with E-state index >= 15 is 0 Å². The maximum Gasteiger partial charge on any atom is 0.234 e. The molecule has 3 rings (SSSR count). The smallest absolute Gasteiger partial charge is 0.234 e. The average molecular weight is 383 g/mol. The molecule has 1 aromatic rings. The van der Waals surface area contributed by atoms with Gasteiger partial charge in [0.15, 0.2) is 9.84 Å². The van der Waals surface area contributed by atoms with Crippen LogP contribution in [0.5, 0.6) is 0 Å². The normalized spacial score (nSPS) is 23.2. The summed E-state index contributed by atoms with van der Waals surface area (Å²) in [5, 5.41) is 2.88. The van der Waals surface area contributed by atoms with Crippen molar-refractivity contribution >= 4 is 15.7 Å². The number of hydrogen-bond acceptors (Lipinski definition) is 4. The van der Waals surface area contributed by atoms with Gasteiger partial charge in [0.1, 0.15) is 5.82 Å². The number of sulfone groups is 1. The SMILES string of the molecule is O=C(CN(Cc1ccc(F)cc1)C1CCCCC1)NC1CCS(=O)(=O)C1. The summed E-state index contributed by atoms with van der Waals surface area (Å²) in [6, 6.07) is 6.47. The fourth-order valence-corrected chi connectivity index (χ4v) is 5.62. The van der Waals surface area contributed by atoms with Gasteiger partial charge in [-0.25, -0.2) is 12.8 Å². The molecule has 1 heterocycles. The lowest BCUT2D eigenvalue weighted by atomic mass is 9.93. The molecule has 1 aliphatic heterocycles. The van der Waals surface area contributed by atoms with Crippen molar-refractivity contribution in [2.24, 2.45) is 0 Å². The van der Waals surface area contributed by atoms with Gasteiger partial charge in [-0.05, 0) is 37.0 Å². The first kappa shape index (κ1) is 19.3. The number of amides is 1. The minimum Gasteiger partial charge on any atom is -0.351 e. The highest BCUT2D eigenvalue weighted by atomic mass is 32.2. The van der Waals surface area contributed by atoms with E-state index in [1.807, 2.05) is 0 Å². The van der Waals surface area contributed by atoms with Gasteiger partial charge in [-0.1, -0.05) is 31.4 Å². The molecule has 1 saturated heterocycles. The molecule has 0 bridgehead atoms. The molecule has 1 amide bonds. The average Bonchev–Trinajstić information content (AvgIpc) is 2.95. The second-order valence-electron chi connectivity index (χ2n) is 7.49. The maximum absolute atomic E-state index is 13.2. The van der Waals surface area contributed by atoms with E-state index in [9.17, 15) is 17.6 Å². The summed E-state index contributed by atoms with van der Waals surface area (Å²) >= 11 is 0. The van der Waals surface area contributed by atoms with Crippen molar-refractivity contribution in [1.82, 2.24) is 10.2 Å². The molecule has 7 heteroatoms.